The third-order valence-corrected chi connectivity index (χ3v) is 5.49. The number of carbonyl (C=O) groups excluding carboxylic acids is 1. The molecular weight excluding hydrogens is 368 g/mol. The second-order valence-electron chi connectivity index (χ2n) is 7.05. The standard InChI is InChI=1S/C23H26N2O2S/c1-5-22(26)18-8-10-19(11-9-18)23-24-21(16(2)27-23)15-28-20-12-6-17(7-13-20)14-25(3)4/h6-13H,5,14-15H2,1-4H3. The van der Waals surface area contributed by atoms with Crippen LogP contribution >= 0.6 is 11.8 Å². The monoisotopic (exact) mass is 394 g/mol. The number of aromatic nitrogens is 1. The molecule has 0 aliphatic heterocycles. The molecule has 1 heterocycles. The van der Waals surface area contributed by atoms with Gasteiger partial charge in [-0.1, -0.05) is 31.2 Å². The highest BCUT2D eigenvalue weighted by molar-refractivity contribution is 7.98. The number of thioether (sulfide) groups is 1. The molecule has 5 heteroatoms. The molecule has 3 rings (SSSR count). The molecule has 0 aliphatic carbocycles. The van der Waals surface area contributed by atoms with Crippen LogP contribution in [0.5, 0.6) is 0 Å². The molecular formula is C23H26N2O2S. The lowest BCUT2D eigenvalue weighted by atomic mass is 10.1. The summed E-state index contributed by atoms with van der Waals surface area (Å²) in [6, 6.07) is 16.1. The van der Waals surface area contributed by atoms with Gasteiger partial charge in [-0.3, -0.25) is 4.79 Å². The smallest absolute Gasteiger partial charge is 0.226 e. The van der Waals surface area contributed by atoms with Gasteiger partial charge in [0.1, 0.15) is 5.76 Å². The van der Waals surface area contributed by atoms with E-state index in [2.05, 4.69) is 48.2 Å². The molecule has 146 valence electrons. The van der Waals surface area contributed by atoms with Crippen molar-refractivity contribution in [1.29, 1.82) is 0 Å². The van der Waals surface area contributed by atoms with Crippen LogP contribution in [0.3, 0.4) is 0 Å². The number of oxazole rings is 1. The van der Waals surface area contributed by atoms with E-state index in [0.717, 1.165) is 34.9 Å². The van der Waals surface area contributed by atoms with Crippen molar-refractivity contribution >= 4 is 17.5 Å². The van der Waals surface area contributed by atoms with E-state index >= 15 is 0 Å². The van der Waals surface area contributed by atoms with E-state index in [0.29, 0.717) is 12.3 Å². The number of carbonyl (C=O) groups is 1. The maximum Gasteiger partial charge on any atom is 0.226 e. The Labute approximate surface area is 171 Å². The minimum absolute atomic E-state index is 0.142. The number of rotatable bonds is 8. The third-order valence-electron chi connectivity index (χ3n) is 4.47. The molecule has 1 aromatic heterocycles. The van der Waals surface area contributed by atoms with Crippen LogP contribution in [0.15, 0.2) is 57.8 Å². The topological polar surface area (TPSA) is 46.3 Å². The lowest BCUT2D eigenvalue weighted by molar-refractivity contribution is 0.0988. The summed E-state index contributed by atoms with van der Waals surface area (Å²) in [5.41, 5.74) is 3.87. The van der Waals surface area contributed by atoms with Gasteiger partial charge in [0, 0.05) is 34.7 Å². The Kier molecular flexibility index (Phi) is 6.70. The van der Waals surface area contributed by atoms with E-state index in [1.54, 1.807) is 11.8 Å². The molecule has 4 nitrogen and oxygen atoms in total. The zero-order chi connectivity index (χ0) is 20.1. The maximum atomic E-state index is 11.8. The largest absolute Gasteiger partial charge is 0.441 e. The Bertz CT molecular complexity index is 928. The Hall–Kier alpha value is -2.37. The molecule has 3 aromatic rings. The summed E-state index contributed by atoms with van der Waals surface area (Å²) in [4.78, 5) is 19.8. The van der Waals surface area contributed by atoms with Gasteiger partial charge in [-0.2, -0.15) is 0 Å². The Balaban J connectivity index is 1.66. The maximum absolute atomic E-state index is 11.8. The number of ketones is 1. The molecule has 28 heavy (non-hydrogen) atoms. The summed E-state index contributed by atoms with van der Waals surface area (Å²) in [7, 11) is 4.14. The van der Waals surface area contributed by atoms with E-state index < -0.39 is 0 Å². The highest BCUT2D eigenvalue weighted by Crippen LogP contribution is 2.28. The molecule has 0 bridgehead atoms. The van der Waals surface area contributed by atoms with E-state index in [1.165, 1.54) is 10.5 Å². The van der Waals surface area contributed by atoms with Crippen molar-refractivity contribution < 1.29 is 9.21 Å². The van der Waals surface area contributed by atoms with Crippen LogP contribution in [0.4, 0.5) is 0 Å². The number of Topliss-reactive ketones (excluding diaryl/α,β-unsaturated/α-hetero) is 1. The average molecular weight is 395 g/mol. The van der Waals surface area contributed by atoms with Gasteiger partial charge >= 0.3 is 0 Å². The highest BCUT2D eigenvalue weighted by Gasteiger charge is 2.13. The van der Waals surface area contributed by atoms with Gasteiger partial charge < -0.3 is 9.32 Å². The lowest BCUT2D eigenvalue weighted by Gasteiger charge is -2.09. The first-order valence-corrected chi connectivity index (χ1v) is 10.4. The number of nitrogens with zero attached hydrogens (tertiary/aromatic N) is 2. The van der Waals surface area contributed by atoms with Crippen LogP contribution in [0.2, 0.25) is 0 Å². The zero-order valence-electron chi connectivity index (χ0n) is 16.9. The molecule has 0 spiro atoms. The van der Waals surface area contributed by atoms with E-state index in [9.17, 15) is 4.79 Å². The summed E-state index contributed by atoms with van der Waals surface area (Å²) in [5, 5.41) is 0. The Morgan fingerprint density at radius 2 is 1.75 bits per heavy atom. The summed E-state index contributed by atoms with van der Waals surface area (Å²) < 4.78 is 5.86. The van der Waals surface area contributed by atoms with Crippen molar-refractivity contribution in [3.05, 3.63) is 71.1 Å². The van der Waals surface area contributed by atoms with Crippen molar-refractivity contribution in [2.75, 3.05) is 14.1 Å². The van der Waals surface area contributed by atoms with E-state index in [4.69, 9.17) is 4.42 Å². The minimum atomic E-state index is 0.142. The lowest BCUT2D eigenvalue weighted by Crippen LogP contribution is -2.10. The SMILES string of the molecule is CCC(=O)c1ccc(-c2nc(CSc3ccc(CN(C)C)cc3)c(C)o2)cc1. The van der Waals surface area contributed by atoms with Crippen LogP contribution in [0, 0.1) is 6.92 Å². The summed E-state index contributed by atoms with van der Waals surface area (Å²) >= 11 is 1.75. The number of hydrogen-bond donors (Lipinski definition) is 0. The predicted molar refractivity (Wildman–Crippen MR) is 115 cm³/mol. The predicted octanol–water partition coefficient (Wildman–Crippen LogP) is 5.60. The molecule has 0 N–H and O–H groups in total. The van der Waals surface area contributed by atoms with Gasteiger partial charge in [-0.05, 0) is 50.8 Å². The van der Waals surface area contributed by atoms with Crippen LogP contribution in [0.1, 0.15) is 40.7 Å². The molecule has 0 aliphatic rings. The van der Waals surface area contributed by atoms with Gasteiger partial charge in [-0.15, -0.1) is 11.8 Å². The summed E-state index contributed by atoms with van der Waals surface area (Å²) in [5.74, 6) is 2.34. The molecule has 0 amide bonds. The zero-order valence-corrected chi connectivity index (χ0v) is 17.7. The normalized spacial score (nSPS) is 11.2. The fourth-order valence-electron chi connectivity index (χ4n) is 2.90. The van der Waals surface area contributed by atoms with Crippen molar-refractivity contribution in [2.45, 2.75) is 37.5 Å². The van der Waals surface area contributed by atoms with Crippen LogP contribution in [-0.2, 0) is 12.3 Å². The van der Waals surface area contributed by atoms with Gasteiger partial charge in [-0.25, -0.2) is 4.98 Å². The summed E-state index contributed by atoms with van der Waals surface area (Å²) in [6.07, 6.45) is 0.509. The molecule has 0 atom stereocenters. The van der Waals surface area contributed by atoms with Gasteiger partial charge in [0.05, 0.1) is 5.69 Å². The first kappa shape index (κ1) is 20.4. The summed E-state index contributed by atoms with van der Waals surface area (Å²) in [6.45, 7) is 4.76. The Morgan fingerprint density at radius 3 is 2.36 bits per heavy atom. The minimum Gasteiger partial charge on any atom is -0.441 e. The van der Waals surface area contributed by atoms with Crippen molar-refractivity contribution in [2.24, 2.45) is 0 Å². The second kappa shape index (κ2) is 9.22. The second-order valence-corrected chi connectivity index (χ2v) is 8.10. The molecule has 0 saturated heterocycles. The van der Waals surface area contributed by atoms with Crippen molar-refractivity contribution in [3.63, 3.8) is 0 Å². The van der Waals surface area contributed by atoms with Gasteiger partial charge in [0.2, 0.25) is 5.89 Å². The fourth-order valence-corrected chi connectivity index (χ4v) is 3.80. The van der Waals surface area contributed by atoms with Crippen LogP contribution < -0.4 is 0 Å². The quantitative estimate of drug-likeness (QED) is 0.368. The molecule has 0 fully saturated rings. The van der Waals surface area contributed by atoms with E-state index in [1.807, 2.05) is 38.1 Å². The molecule has 0 radical (unpaired) electrons. The van der Waals surface area contributed by atoms with Crippen molar-refractivity contribution in [3.8, 4) is 11.5 Å². The van der Waals surface area contributed by atoms with Crippen LogP contribution in [0.25, 0.3) is 11.5 Å². The molecule has 0 unspecified atom stereocenters. The number of benzene rings is 2. The molecule has 2 aromatic carbocycles. The molecule has 0 saturated carbocycles. The fraction of sp³-hybridized carbons (Fsp3) is 0.304. The van der Waals surface area contributed by atoms with Gasteiger partial charge in [0.25, 0.3) is 0 Å². The average Bonchev–Trinajstić information content (AvgIpc) is 3.07. The van der Waals surface area contributed by atoms with Crippen molar-refractivity contribution in [1.82, 2.24) is 9.88 Å². The van der Waals surface area contributed by atoms with Gasteiger partial charge in [0.15, 0.2) is 5.78 Å². The number of hydrogen-bond acceptors (Lipinski definition) is 5. The number of aryl methyl sites for hydroxylation is 1. The first-order valence-electron chi connectivity index (χ1n) is 9.42. The highest BCUT2D eigenvalue weighted by atomic mass is 32.2. The van der Waals surface area contributed by atoms with E-state index in [-0.39, 0.29) is 5.78 Å². The first-order chi connectivity index (χ1) is 13.5. The van der Waals surface area contributed by atoms with Crippen LogP contribution in [-0.4, -0.2) is 29.8 Å². The Morgan fingerprint density at radius 1 is 1.07 bits per heavy atom. The third kappa shape index (κ3) is 5.12.